The third-order valence-corrected chi connectivity index (χ3v) is 2.96. The van der Waals surface area contributed by atoms with E-state index >= 15 is 0 Å². The summed E-state index contributed by atoms with van der Waals surface area (Å²) in [6, 6.07) is 0.148. The molecule has 0 aromatic heterocycles. The second kappa shape index (κ2) is 4.55. The normalized spacial score (nSPS) is 23.4. The Labute approximate surface area is 102 Å². The lowest BCUT2D eigenvalue weighted by molar-refractivity contribution is -0.191. The van der Waals surface area contributed by atoms with Gasteiger partial charge in [-0.3, -0.25) is 10.1 Å². The summed E-state index contributed by atoms with van der Waals surface area (Å²) < 4.78 is 5.34. The monoisotopic (exact) mass is 242 g/mol. The van der Waals surface area contributed by atoms with Crippen molar-refractivity contribution in [2.45, 2.75) is 51.7 Å². The molecule has 2 fully saturated rings. The molecule has 0 aromatic carbocycles. The molecular weight excluding hydrogens is 220 g/mol. The maximum atomic E-state index is 11.7. The number of carbonyl (C=O) groups is 1. The first kappa shape index (κ1) is 12.8. The first-order valence-corrected chi connectivity index (χ1v) is 6.26. The molecule has 1 heterocycles. The van der Waals surface area contributed by atoms with Crippen LogP contribution in [-0.4, -0.2) is 47.1 Å². The summed E-state index contributed by atoms with van der Waals surface area (Å²) in [4.78, 5) is 13.5. The number of ether oxygens (including phenoxy) is 1. The van der Waals surface area contributed by atoms with Crippen LogP contribution in [0.3, 0.4) is 0 Å². The molecule has 2 aliphatic rings. The molecule has 0 aromatic rings. The summed E-state index contributed by atoms with van der Waals surface area (Å²) in [5.41, 5.74) is -0.375. The van der Waals surface area contributed by atoms with Crippen molar-refractivity contribution >= 4 is 5.91 Å². The first-order valence-electron chi connectivity index (χ1n) is 6.26. The molecule has 5 nitrogen and oxygen atoms in total. The van der Waals surface area contributed by atoms with Crippen molar-refractivity contribution in [3.8, 4) is 0 Å². The highest BCUT2D eigenvalue weighted by molar-refractivity contribution is 5.81. The summed E-state index contributed by atoms with van der Waals surface area (Å²) >= 11 is 0. The molecule has 2 N–H and O–H groups in total. The predicted molar refractivity (Wildman–Crippen MR) is 63.1 cm³/mol. The number of nitrogens with zero attached hydrogens (tertiary/aromatic N) is 1. The molecule has 1 aliphatic carbocycles. The summed E-state index contributed by atoms with van der Waals surface area (Å²) in [6.07, 6.45) is 1.13. The van der Waals surface area contributed by atoms with Crippen molar-refractivity contribution in [3.05, 3.63) is 0 Å². The molecule has 5 heteroatoms. The van der Waals surface area contributed by atoms with Crippen LogP contribution in [0.25, 0.3) is 0 Å². The second-order valence-corrected chi connectivity index (χ2v) is 5.96. The van der Waals surface area contributed by atoms with Crippen LogP contribution >= 0.6 is 0 Å². The molecule has 1 amide bonds. The Balaban J connectivity index is 1.64. The largest absolute Gasteiger partial charge is 0.356 e. The van der Waals surface area contributed by atoms with Crippen molar-refractivity contribution in [3.63, 3.8) is 0 Å². The maximum Gasteiger partial charge on any atom is 0.225 e. The van der Waals surface area contributed by atoms with Crippen molar-refractivity contribution in [2.75, 3.05) is 13.1 Å². The Morgan fingerprint density at radius 1 is 1.41 bits per heavy atom. The molecule has 0 spiro atoms. The molecule has 2 rings (SSSR count). The van der Waals surface area contributed by atoms with Gasteiger partial charge >= 0.3 is 0 Å². The minimum atomic E-state index is -0.960. The van der Waals surface area contributed by atoms with Crippen molar-refractivity contribution in [1.29, 1.82) is 0 Å². The van der Waals surface area contributed by atoms with Crippen molar-refractivity contribution in [2.24, 2.45) is 5.92 Å². The van der Waals surface area contributed by atoms with Gasteiger partial charge in [0.1, 0.15) is 0 Å². The topological polar surface area (TPSA) is 61.8 Å². The van der Waals surface area contributed by atoms with E-state index in [0.717, 1.165) is 12.8 Å². The minimum absolute atomic E-state index is 0.148. The molecule has 1 aliphatic heterocycles. The van der Waals surface area contributed by atoms with E-state index in [-0.39, 0.29) is 23.5 Å². The van der Waals surface area contributed by atoms with Crippen LogP contribution < -0.4 is 5.32 Å². The fourth-order valence-corrected chi connectivity index (χ4v) is 1.92. The predicted octanol–water partition coefficient (Wildman–Crippen LogP) is 0.288. The van der Waals surface area contributed by atoms with Gasteiger partial charge in [-0.15, -0.1) is 0 Å². The van der Waals surface area contributed by atoms with E-state index in [0.29, 0.717) is 13.1 Å². The fourth-order valence-electron chi connectivity index (χ4n) is 1.92. The Morgan fingerprint density at radius 3 is 2.47 bits per heavy atom. The lowest BCUT2D eigenvalue weighted by Gasteiger charge is -2.41. The van der Waals surface area contributed by atoms with Gasteiger partial charge in [0.25, 0.3) is 0 Å². The Bertz CT molecular complexity index is 291. The zero-order chi connectivity index (χ0) is 12.6. The van der Waals surface area contributed by atoms with Crippen LogP contribution in [0.1, 0.15) is 33.6 Å². The van der Waals surface area contributed by atoms with Crippen molar-refractivity contribution < 1.29 is 14.6 Å². The molecule has 0 bridgehead atoms. The molecule has 1 atom stereocenters. The zero-order valence-electron chi connectivity index (χ0n) is 10.8. The van der Waals surface area contributed by atoms with Gasteiger partial charge in [0.15, 0.2) is 0 Å². The smallest absolute Gasteiger partial charge is 0.225 e. The van der Waals surface area contributed by atoms with Crippen LogP contribution in [0.5, 0.6) is 0 Å². The summed E-state index contributed by atoms with van der Waals surface area (Å²) in [5.74, 6) is 0.556. The van der Waals surface area contributed by atoms with Gasteiger partial charge < -0.3 is 14.7 Å². The molecule has 1 saturated carbocycles. The van der Waals surface area contributed by atoms with Gasteiger partial charge in [-0.2, -0.15) is 0 Å². The summed E-state index contributed by atoms with van der Waals surface area (Å²) in [5, 5.41) is 12.6. The number of rotatable bonds is 4. The van der Waals surface area contributed by atoms with E-state index in [2.05, 4.69) is 5.32 Å². The minimum Gasteiger partial charge on any atom is -0.356 e. The highest BCUT2D eigenvalue weighted by Gasteiger charge is 2.39. The standard InChI is InChI=1S/C12H22N2O3/c1-12(2,3)17-11(16)13-9-6-14(7-9)10(15)8-4-5-8/h8-9,11,13,16H,4-7H2,1-3H3. The number of aliphatic hydroxyl groups is 1. The van der Waals surface area contributed by atoms with E-state index in [9.17, 15) is 9.90 Å². The third kappa shape index (κ3) is 3.66. The zero-order valence-corrected chi connectivity index (χ0v) is 10.8. The van der Waals surface area contributed by atoms with E-state index < -0.39 is 6.41 Å². The molecule has 17 heavy (non-hydrogen) atoms. The summed E-state index contributed by atoms with van der Waals surface area (Å²) in [6.45, 7) is 7.03. The number of hydrogen-bond acceptors (Lipinski definition) is 4. The maximum absolute atomic E-state index is 11.7. The van der Waals surface area contributed by atoms with E-state index in [1.165, 1.54) is 0 Å². The van der Waals surface area contributed by atoms with E-state index in [4.69, 9.17) is 4.74 Å². The molecular formula is C12H22N2O3. The molecule has 1 unspecified atom stereocenters. The number of nitrogens with one attached hydrogen (secondary N) is 1. The van der Waals surface area contributed by atoms with Crippen molar-refractivity contribution in [1.82, 2.24) is 10.2 Å². The van der Waals surface area contributed by atoms with E-state index in [1.54, 1.807) is 0 Å². The van der Waals surface area contributed by atoms with Gasteiger partial charge in [-0.25, -0.2) is 0 Å². The lowest BCUT2D eigenvalue weighted by atomic mass is 10.1. The van der Waals surface area contributed by atoms with Crippen LogP contribution in [-0.2, 0) is 9.53 Å². The second-order valence-electron chi connectivity index (χ2n) is 5.96. The Hall–Kier alpha value is -0.650. The molecule has 0 radical (unpaired) electrons. The SMILES string of the molecule is CC(C)(C)OC(O)NC1CN(C(=O)C2CC2)C1. The Morgan fingerprint density at radius 2 is 2.00 bits per heavy atom. The van der Waals surface area contributed by atoms with Gasteiger partial charge in [0, 0.05) is 25.0 Å². The third-order valence-electron chi connectivity index (χ3n) is 2.96. The van der Waals surface area contributed by atoms with Gasteiger partial charge in [-0.05, 0) is 33.6 Å². The number of hydrogen-bond donors (Lipinski definition) is 2. The van der Waals surface area contributed by atoms with Gasteiger partial charge in [0.05, 0.1) is 5.60 Å². The fraction of sp³-hybridized carbons (Fsp3) is 0.917. The van der Waals surface area contributed by atoms with Crippen LogP contribution in [0.2, 0.25) is 0 Å². The van der Waals surface area contributed by atoms with Crippen LogP contribution in [0, 0.1) is 5.92 Å². The van der Waals surface area contributed by atoms with Gasteiger partial charge in [-0.1, -0.05) is 0 Å². The van der Waals surface area contributed by atoms with Crippen LogP contribution in [0.4, 0.5) is 0 Å². The quantitative estimate of drug-likeness (QED) is 0.696. The molecule has 1 saturated heterocycles. The number of amides is 1. The number of likely N-dealkylation sites (tertiary alicyclic amines) is 1. The van der Waals surface area contributed by atoms with Crippen LogP contribution in [0.15, 0.2) is 0 Å². The number of aliphatic hydroxyl groups excluding tert-OH is 1. The average molecular weight is 242 g/mol. The Kier molecular flexibility index (Phi) is 3.43. The van der Waals surface area contributed by atoms with Gasteiger partial charge in [0.2, 0.25) is 12.3 Å². The highest BCUT2D eigenvalue weighted by Crippen LogP contribution is 2.32. The lowest BCUT2D eigenvalue weighted by Crippen LogP contribution is -2.62. The molecule has 98 valence electrons. The highest BCUT2D eigenvalue weighted by atomic mass is 16.6. The summed E-state index contributed by atoms with van der Waals surface area (Å²) in [7, 11) is 0. The first-order chi connectivity index (χ1) is 7.85. The average Bonchev–Trinajstić information content (AvgIpc) is 2.88. The van der Waals surface area contributed by atoms with E-state index in [1.807, 2.05) is 25.7 Å². The number of carbonyl (C=O) groups excluding carboxylic acids is 1.